The van der Waals surface area contributed by atoms with Crippen molar-refractivity contribution in [2.45, 2.75) is 57.6 Å². The van der Waals surface area contributed by atoms with Crippen LogP contribution in [-0.4, -0.2) is 33.1 Å². The molecule has 31 heavy (non-hydrogen) atoms. The fraction of sp³-hybridized carbons (Fsp3) is 0.450. The summed E-state index contributed by atoms with van der Waals surface area (Å²) in [6.45, 7) is 5.77. The molecule has 2 N–H and O–H groups in total. The minimum atomic E-state index is -0.918. The fourth-order valence-electron chi connectivity index (χ4n) is 3.45. The first-order valence-corrected chi connectivity index (χ1v) is 9.73. The summed E-state index contributed by atoms with van der Waals surface area (Å²) in [5.41, 5.74) is 5.35. The van der Waals surface area contributed by atoms with Crippen molar-refractivity contribution in [1.29, 1.82) is 0 Å². The minimum absolute atomic E-state index is 0.0102. The van der Waals surface area contributed by atoms with Crippen LogP contribution in [0.4, 0.5) is 15.3 Å². The molecule has 1 fully saturated rings. The molecule has 0 bridgehead atoms. The second kappa shape index (κ2) is 8.62. The molecule has 2 atom stereocenters. The van der Waals surface area contributed by atoms with E-state index in [9.17, 15) is 19.7 Å². The molecule has 0 spiro atoms. The quantitative estimate of drug-likeness (QED) is 0.324. The lowest BCUT2D eigenvalue weighted by Gasteiger charge is -2.21. The Morgan fingerprint density at radius 3 is 2.45 bits per heavy atom. The molecule has 1 heterocycles. The predicted octanol–water partition coefficient (Wildman–Crippen LogP) is 3.86. The number of rotatable bonds is 5. The van der Waals surface area contributed by atoms with Gasteiger partial charge in [-0.05, 0) is 52.2 Å². The number of primary amides is 1. The van der Waals surface area contributed by atoms with E-state index in [1.807, 2.05) is 20.8 Å². The number of aromatic nitrogens is 2. The van der Waals surface area contributed by atoms with E-state index in [2.05, 4.69) is 5.10 Å². The number of amides is 1. The first-order chi connectivity index (χ1) is 14.5. The van der Waals surface area contributed by atoms with Crippen molar-refractivity contribution in [3.63, 3.8) is 0 Å². The van der Waals surface area contributed by atoms with Crippen LogP contribution in [0, 0.1) is 10.1 Å². The van der Waals surface area contributed by atoms with Crippen LogP contribution in [0.2, 0.25) is 0 Å². The largest absolute Gasteiger partial charge is 0.514 e. The Bertz CT molecular complexity index is 978. The summed E-state index contributed by atoms with van der Waals surface area (Å²) in [5, 5.41) is 15.3. The van der Waals surface area contributed by atoms with E-state index in [4.69, 9.17) is 19.9 Å². The Kier molecular flexibility index (Phi) is 6.14. The molecule has 1 aliphatic rings. The van der Waals surface area contributed by atoms with E-state index >= 15 is 0 Å². The number of carbonyl (C=O) groups excluding carboxylic acids is 2. The number of benzene rings is 1. The molecule has 1 aromatic carbocycles. The molecule has 1 aromatic heterocycles. The van der Waals surface area contributed by atoms with Gasteiger partial charge in [-0.1, -0.05) is 0 Å². The fourth-order valence-corrected chi connectivity index (χ4v) is 3.45. The van der Waals surface area contributed by atoms with Crippen LogP contribution < -0.4 is 15.2 Å². The van der Waals surface area contributed by atoms with E-state index in [0.717, 1.165) is 12.1 Å². The summed E-state index contributed by atoms with van der Waals surface area (Å²) in [5.74, 6) is 0.426. The topological polar surface area (TPSA) is 149 Å². The third-order valence-electron chi connectivity index (χ3n) is 4.85. The second-order valence-electron chi connectivity index (χ2n) is 8.26. The summed E-state index contributed by atoms with van der Waals surface area (Å²) in [6, 6.07) is 6.82. The van der Waals surface area contributed by atoms with Gasteiger partial charge >= 0.3 is 12.2 Å². The average Bonchev–Trinajstić information content (AvgIpc) is 3.28. The van der Waals surface area contributed by atoms with Gasteiger partial charge in [0.1, 0.15) is 11.9 Å². The Labute approximate surface area is 178 Å². The van der Waals surface area contributed by atoms with Crippen molar-refractivity contribution < 1.29 is 28.7 Å². The Balaban J connectivity index is 1.61. The summed E-state index contributed by atoms with van der Waals surface area (Å²) in [4.78, 5) is 33.4. The molecule has 1 aliphatic carbocycles. The Hall–Kier alpha value is -3.63. The van der Waals surface area contributed by atoms with Crippen molar-refractivity contribution in [2.75, 3.05) is 0 Å². The highest BCUT2D eigenvalue weighted by Gasteiger charge is 2.33. The zero-order valence-corrected chi connectivity index (χ0v) is 17.4. The first-order valence-electron chi connectivity index (χ1n) is 9.73. The van der Waals surface area contributed by atoms with Crippen molar-refractivity contribution >= 4 is 17.9 Å². The number of ether oxygens (including phenoxy) is 3. The van der Waals surface area contributed by atoms with Gasteiger partial charge in [0, 0.05) is 24.1 Å². The first kappa shape index (κ1) is 22.1. The molecule has 1 amide bonds. The van der Waals surface area contributed by atoms with Crippen molar-refractivity contribution in [3.05, 3.63) is 46.1 Å². The molecule has 11 nitrogen and oxygen atoms in total. The van der Waals surface area contributed by atoms with Crippen LogP contribution in [0.1, 0.15) is 51.6 Å². The van der Waals surface area contributed by atoms with Crippen molar-refractivity contribution in [2.24, 2.45) is 5.73 Å². The van der Waals surface area contributed by atoms with Gasteiger partial charge in [0.2, 0.25) is 5.88 Å². The minimum Gasteiger partial charge on any atom is -0.431 e. The van der Waals surface area contributed by atoms with Gasteiger partial charge in [-0.15, -0.1) is 0 Å². The average molecular weight is 432 g/mol. The number of hydrogen-bond donors (Lipinski definition) is 1. The van der Waals surface area contributed by atoms with E-state index in [1.165, 1.54) is 24.3 Å². The molecule has 1 saturated carbocycles. The predicted molar refractivity (Wildman–Crippen MR) is 108 cm³/mol. The van der Waals surface area contributed by atoms with Gasteiger partial charge in [0.25, 0.3) is 5.69 Å². The smallest absolute Gasteiger partial charge is 0.431 e. The second-order valence-corrected chi connectivity index (χ2v) is 8.26. The molecular formula is C20H24N4O7. The van der Waals surface area contributed by atoms with Crippen LogP contribution in [0.15, 0.2) is 30.3 Å². The molecule has 0 aliphatic heterocycles. The summed E-state index contributed by atoms with van der Waals surface area (Å²) >= 11 is 0. The van der Waals surface area contributed by atoms with Crippen molar-refractivity contribution in [1.82, 2.24) is 9.78 Å². The number of carbonyl (C=O) groups is 2. The van der Waals surface area contributed by atoms with Crippen LogP contribution in [0.3, 0.4) is 0 Å². The third-order valence-corrected chi connectivity index (χ3v) is 4.85. The SMILES string of the molecule is CC(C)(C)n1nc([C@H]2CC[C@@H](OC(=O)Oc3ccc([N+](=O)[O-])cc3)C2)cc1OC(N)=O. The van der Waals surface area contributed by atoms with Gasteiger partial charge in [-0.3, -0.25) is 10.1 Å². The maximum atomic E-state index is 12.1. The lowest BCUT2D eigenvalue weighted by Crippen LogP contribution is -2.27. The summed E-state index contributed by atoms with van der Waals surface area (Å²) < 4.78 is 17.2. The lowest BCUT2D eigenvalue weighted by molar-refractivity contribution is -0.384. The third kappa shape index (κ3) is 5.50. The standard InChI is InChI=1S/C20H24N4O7/c1-20(2,3)23-17(31-18(21)25)11-16(22-23)12-4-7-15(10-12)30-19(26)29-14-8-5-13(6-9-14)24(27)28/h5-6,8-9,11-12,15H,4,7,10H2,1-3H3,(H2,21,25)/t12-,15+/m0/s1. The number of hydrogen-bond acceptors (Lipinski definition) is 8. The molecule has 11 heteroatoms. The van der Waals surface area contributed by atoms with Gasteiger partial charge in [-0.2, -0.15) is 5.10 Å². The van der Waals surface area contributed by atoms with Crippen LogP contribution >= 0.6 is 0 Å². The zero-order valence-electron chi connectivity index (χ0n) is 17.4. The number of non-ortho nitro benzene ring substituents is 1. The summed E-state index contributed by atoms with van der Waals surface area (Å²) in [6.07, 6.45) is -0.278. The van der Waals surface area contributed by atoms with Gasteiger partial charge < -0.3 is 19.9 Å². The highest BCUT2D eigenvalue weighted by atomic mass is 16.7. The van der Waals surface area contributed by atoms with Crippen LogP contribution in [0.25, 0.3) is 0 Å². The Morgan fingerprint density at radius 1 is 1.19 bits per heavy atom. The lowest BCUT2D eigenvalue weighted by atomic mass is 10.0. The van der Waals surface area contributed by atoms with Crippen molar-refractivity contribution in [3.8, 4) is 11.6 Å². The molecular weight excluding hydrogens is 408 g/mol. The van der Waals surface area contributed by atoms with E-state index in [1.54, 1.807) is 10.7 Å². The Morgan fingerprint density at radius 2 is 1.87 bits per heavy atom. The zero-order chi connectivity index (χ0) is 22.8. The number of nitro groups is 1. The van der Waals surface area contributed by atoms with Crippen LogP contribution in [0.5, 0.6) is 11.6 Å². The summed E-state index contributed by atoms with van der Waals surface area (Å²) in [7, 11) is 0. The number of nitro benzene ring substituents is 1. The number of nitrogens with two attached hydrogens (primary N) is 1. The van der Waals surface area contributed by atoms with Gasteiger partial charge in [0.15, 0.2) is 0 Å². The van der Waals surface area contributed by atoms with Gasteiger partial charge in [0.05, 0.1) is 16.2 Å². The molecule has 0 unspecified atom stereocenters. The van der Waals surface area contributed by atoms with Crippen LogP contribution in [-0.2, 0) is 10.3 Å². The molecule has 2 aromatic rings. The monoisotopic (exact) mass is 432 g/mol. The number of nitrogens with zero attached hydrogens (tertiary/aromatic N) is 3. The normalized spacial score (nSPS) is 18.4. The molecule has 0 saturated heterocycles. The maximum Gasteiger partial charge on any atom is 0.514 e. The van der Waals surface area contributed by atoms with E-state index < -0.39 is 22.7 Å². The molecule has 0 radical (unpaired) electrons. The molecule has 166 valence electrons. The highest BCUT2D eigenvalue weighted by molar-refractivity contribution is 5.67. The highest BCUT2D eigenvalue weighted by Crippen LogP contribution is 2.38. The van der Waals surface area contributed by atoms with E-state index in [-0.39, 0.29) is 29.3 Å². The van der Waals surface area contributed by atoms with E-state index in [0.29, 0.717) is 12.8 Å². The molecule has 3 rings (SSSR count). The van der Waals surface area contributed by atoms with Gasteiger partial charge in [-0.25, -0.2) is 14.3 Å². The maximum absolute atomic E-state index is 12.1.